The van der Waals surface area contributed by atoms with Gasteiger partial charge in [-0.05, 0) is 63.1 Å². The highest BCUT2D eigenvalue weighted by Gasteiger charge is 2.34. The molecule has 9 nitrogen and oxygen atoms in total. The number of rotatable bonds is 15. The summed E-state index contributed by atoms with van der Waals surface area (Å²) < 4.78 is 13.7. The summed E-state index contributed by atoms with van der Waals surface area (Å²) >= 11 is 0. The van der Waals surface area contributed by atoms with Gasteiger partial charge in [0.05, 0.1) is 6.61 Å². The van der Waals surface area contributed by atoms with E-state index in [1.165, 1.54) is 11.6 Å². The van der Waals surface area contributed by atoms with Crippen molar-refractivity contribution in [3.8, 4) is 11.6 Å². The van der Waals surface area contributed by atoms with E-state index in [1.54, 1.807) is 13.0 Å². The van der Waals surface area contributed by atoms with E-state index in [4.69, 9.17) is 9.47 Å². The number of aliphatic carboxylic acids is 1. The minimum Gasteiger partial charge on any atom is -0.478 e. The van der Waals surface area contributed by atoms with Crippen LogP contribution in [0.5, 0.6) is 11.6 Å². The van der Waals surface area contributed by atoms with E-state index in [0.717, 1.165) is 48.8 Å². The van der Waals surface area contributed by atoms with Crippen LogP contribution >= 0.6 is 0 Å². The number of ether oxygens (including phenoxy) is 2. The molecule has 0 saturated carbocycles. The van der Waals surface area contributed by atoms with Crippen molar-refractivity contribution in [2.75, 3.05) is 6.61 Å². The maximum Gasteiger partial charge on any atom is 0.347 e. The number of unbranched alkanes of at least 4 members (excludes halogenated alkanes) is 3. The van der Waals surface area contributed by atoms with Gasteiger partial charge in [-0.2, -0.15) is 0 Å². The third-order valence-electron chi connectivity index (χ3n) is 5.68. The minimum atomic E-state index is -1.24. The number of carboxylic acid groups (broad SMARTS) is 1. The minimum absolute atomic E-state index is 0.0448. The van der Waals surface area contributed by atoms with Crippen LogP contribution in [0.15, 0.2) is 33.9 Å². The van der Waals surface area contributed by atoms with Crippen LogP contribution in [0, 0.1) is 0 Å². The molecule has 1 N–H and O–H groups in total. The molecule has 1 unspecified atom stereocenters. The maximum absolute atomic E-state index is 12.5. The Morgan fingerprint density at radius 2 is 1.88 bits per heavy atom. The molecular weight excluding hydrogens is 438 g/mol. The monoisotopic (exact) mass is 475 g/mol. The molecule has 1 atom stereocenters. The third kappa shape index (κ3) is 7.46. The van der Waals surface area contributed by atoms with E-state index < -0.39 is 22.8 Å². The molecule has 2 rings (SSSR count). The Labute approximate surface area is 200 Å². The quantitative estimate of drug-likeness (QED) is 0.392. The van der Waals surface area contributed by atoms with E-state index in [2.05, 4.69) is 5.10 Å². The number of aromatic nitrogens is 3. The molecule has 0 aliphatic heterocycles. The Kier molecular flexibility index (Phi) is 10.3. The zero-order valence-corrected chi connectivity index (χ0v) is 20.7. The molecule has 9 heteroatoms. The SMILES string of the molecule is CCCCn1c(=O)c(OCCCCCc2cccc(OC(C)(CCC)C(=O)O)c2)nn(C)c1=O. The first kappa shape index (κ1) is 27.1. The van der Waals surface area contributed by atoms with Crippen LogP contribution in [-0.2, 0) is 24.8 Å². The van der Waals surface area contributed by atoms with Crippen LogP contribution < -0.4 is 20.7 Å². The second-order valence-corrected chi connectivity index (χ2v) is 8.72. The molecule has 34 heavy (non-hydrogen) atoms. The molecule has 0 radical (unpaired) electrons. The summed E-state index contributed by atoms with van der Waals surface area (Å²) in [4.78, 5) is 36.2. The van der Waals surface area contributed by atoms with Gasteiger partial charge in [-0.15, -0.1) is 5.10 Å². The van der Waals surface area contributed by atoms with Crippen molar-refractivity contribution >= 4 is 5.97 Å². The van der Waals surface area contributed by atoms with E-state index >= 15 is 0 Å². The summed E-state index contributed by atoms with van der Waals surface area (Å²) in [6.45, 7) is 6.22. The lowest BCUT2D eigenvalue weighted by Gasteiger charge is -2.26. The first-order valence-corrected chi connectivity index (χ1v) is 12.0. The Morgan fingerprint density at radius 3 is 2.56 bits per heavy atom. The van der Waals surface area contributed by atoms with E-state index in [0.29, 0.717) is 31.7 Å². The van der Waals surface area contributed by atoms with Gasteiger partial charge in [0.25, 0.3) is 5.88 Å². The Bertz CT molecular complexity index is 1060. The Morgan fingerprint density at radius 1 is 1.12 bits per heavy atom. The van der Waals surface area contributed by atoms with Crippen LogP contribution in [0.4, 0.5) is 0 Å². The predicted octanol–water partition coefficient (Wildman–Crippen LogP) is 3.56. The van der Waals surface area contributed by atoms with Crippen molar-refractivity contribution in [1.82, 2.24) is 14.3 Å². The molecule has 2 aromatic rings. The highest BCUT2D eigenvalue weighted by molar-refractivity contribution is 5.77. The summed E-state index contributed by atoms with van der Waals surface area (Å²) in [5.74, 6) is -0.458. The van der Waals surface area contributed by atoms with Crippen LogP contribution in [-0.4, -0.2) is 37.6 Å². The van der Waals surface area contributed by atoms with Gasteiger partial charge in [-0.1, -0.05) is 38.8 Å². The molecule has 0 amide bonds. The van der Waals surface area contributed by atoms with Crippen LogP contribution in [0.3, 0.4) is 0 Å². The molecule has 1 aromatic carbocycles. The van der Waals surface area contributed by atoms with Gasteiger partial charge in [0, 0.05) is 13.6 Å². The molecule has 1 aromatic heterocycles. The highest BCUT2D eigenvalue weighted by Crippen LogP contribution is 2.24. The van der Waals surface area contributed by atoms with Crippen molar-refractivity contribution in [2.24, 2.45) is 7.05 Å². The van der Waals surface area contributed by atoms with Gasteiger partial charge >= 0.3 is 17.2 Å². The van der Waals surface area contributed by atoms with E-state index in [1.807, 2.05) is 32.0 Å². The fourth-order valence-corrected chi connectivity index (χ4v) is 3.68. The first-order chi connectivity index (χ1) is 16.2. The summed E-state index contributed by atoms with van der Waals surface area (Å²) in [6, 6.07) is 7.54. The predicted molar refractivity (Wildman–Crippen MR) is 130 cm³/mol. The van der Waals surface area contributed by atoms with Crippen LogP contribution in [0.2, 0.25) is 0 Å². The van der Waals surface area contributed by atoms with Crippen molar-refractivity contribution < 1.29 is 19.4 Å². The van der Waals surface area contributed by atoms with Crippen molar-refractivity contribution in [2.45, 2.75) is 84.3 Å². The number of hydrogen-bond acceptors (Lipinski definition) is 6. The Balaban J connectivity index is 1.85. The standard InChI is InChI=1S/C25H37N3O6/c1-5-7-16-28-22(29)21(26-27(4)24(28)32)33-17-10-8-9-12-19-13-11-14-20(18-19)34-25(3,15-6-2)23(30)31/h11,13-14,18H,5-10,12,15-17H2,1-4H3,(H,30,31). The number of nitrogens with zero attached hydrogens (tertiary/aromatic N) is 3. The molecule has 0 aliphatic rings. The molecule has 0 aliphatic carbocycles. The van der Waals surface area contributed by atoms with Crippen molar-refractivity contribution in [3.63, 3.8) is 0 Å². The second kappa shape index (κ2) is 13.0. The zero-order valence-electron chi connectivity index (χ0n) is 20.7. The van der Waals surface area contributed by atoms with E-state index in [-0.39, 0.29) is 5.88 Å². The lowest BCUT2D eigenvalue weighted by molar-refractivity contribution is -0.154. The fraction of sp³-hybridized carbons (Fsp3) is 0.600. The smallest absolute Gasteiger partial charge is 0.347 e. The van der Waals surface area contributed by atoms with Gasteiger partial charge < -0.3 is 14.6 Å². The second-order valence-electron chi connectivity index (χ2n) is 8.72. The fourth-order valence-electron chi connectivity index (χ4n) is 3.68. The molecule has 1 heterocycles. The first-order valence-electron chi connectivity index (χ1n) is 12.0. The van der Waals surface area contributed by atoms with E-state index in [9.17, 15) is 19.5 Å². The largest absolute Gasteiger partial charge is 0.478 e. The summed E-state index contributed by atoms with van der Waals surface area (Å²) in [6.07, 6.45) is 6.09. The topological polar surface area (TPSA) is 113 Å². The normalized spacial score (nSPS) is 12.8. The summed E-state index contributed by atoms with van der Waals surface area (Å²) in [5.41, 5.74) is -1.09. The molecule has 0 fully saturated rings. The number of benzene rings is 1. The van der Waals surface area contributed by atoms with Gasteiger partial charge in [-0.3, -0.25) is 9.36 Å². The summed E-state index contributed by atoms with van der Waals surface area (Å²) in [5, 5.41) is 13.5. The summed E-state index contributed by atoms with van der Waals surface area (Å²) in [7, 11) is 1.51. The van der Waals surface area contributed by atoms with Crippen molar-refractivity contribution in [1.29, 1.82) is 0 Å². The maximum atomic E-state index is 12.5. The van der Waals surface area contributed by atoms with Gasteiger partial charge in [0.15, 0.2) is 0 Å². The lowest BCUT2D eigenvalue weighted by Crippen LogP contribution is -2.41. The zero-order chi connectivity index (χ0) is 25.1. The lowest BCUT2D eigenvalue weighted by atomic mass is 10.0. The van der Waals surface area contributed by atoms with Crippen LogP contribution in [0.1, 0.15) is 71.3 Å². The third-order valence-corrected chi connectivity index (χ3v) is 5.68. The molecule has 0 bridgehead atoms. The van der Waals surface area contributed by atoms with Gasteiger partial charge in [0.2, 0.25) is 5.60 Å². The molecule has 188 valence electrons. The van der Waals surface area contributed by atoms with Crippen molar-refractivity contribution in [3.05, 3.63) is 50.7 Å². The average Bonchev–Trinajstić information content (AvgIpc) is 2.79. The van der Waals surface area contributed by atoms with Gasteiger partial charge in [0.1, 0.15) is 5.75 Å². The number of carboxylic acids is 1. The average molecular weight is 476 g/mol. The van der Waals surface area contributed by atoms with Gasteiger partial charge in [-0.25, -0.2) is 14.3 Å². The highest BCUT2D eigenvalue weighted by atomic mass is 16.5. The molecular formula is C25H37N3O6. The number of carbonyl (C=O) groups is 1. The molecule has 0 spiro atoms. The Hall–Kier alpha value is -3.10. The number of hydrogen-bond donors (Lipinski definition) is 1. The molecule has 0 saturated heterocycles. The number of aryl methyl sites for hydroxylation is 2. The van der Waals surface area contributed by atoms with Crippen LogP contribution in [0.25, 0.3) is 0 Å².